The summed E-state index contributed by atoms with van der Waals surface area (Å²) < 4.78 is 0. The number of nitro benzene ring substituents is 1. The van der Waals surface area contributed by atoms with Gasteiger partial charge in [-0.05, 0) is 26.3 Å². The van der Waals surface area contributed by atoms with Crippen LogP contribution in [0.3, 0.4) is 0 Å². The van der Waals surface area contributed by atoms with Crippen LogP contribution in [0.1, 0.15) is 25.8 Å². The molecule has 1 aromatic rings. The first kappa shape index (κ1) is 13.4. The van der Waals surface area contributed by atoms with E-state index in [1.807, 2.05) is 13.8 Å². The van der Waals surface area contributed by atoms with Crippen molar-refractivity contribution in [2.45, 2.75) is 32.7 Å². The second kappa shape index (κ2) is 5.14. The highest BCUT2D eigenvalue weighted by Crippen LogP contribution is 2.25. The topological polar surface area (TPSA) is 75.4 Å². The van der Waals surface area contributed by atoms with E-state index in [0.717, 1.165) is 6.42 Å². The summed E-state index contributed by atoms with van der Waals surface area (Å²) in [6, 6.07) is 4.98. The molecule has 0 aliphatic carbocycles. The van der Waals surface area contributed by atoms with Crippen molar-refractivity contribution in [2.75, 3.05) is 11.9 Å². The van der Waals surface area contributed by atoms with Gasteiger partial charge in [0.25, 0.3) is 5.69 Å². The van der Waals surface area contributed by atoms with Gasteiger partial charge in [0, 0.05) is 17.3 Å². The van der Waals surface area contributed by atoms with Crippen LogP contribution in [0.4, 0.5) is 11.4 Å². The van der Waals surface area contributed by atoms with Gasteiger partial charge in [0.1, 0.15) is 0 Å². The van der Waals surface area contributed by atoms with Crippen molar-refractivity contribution in [3.8, 4) is 0 Å². The first-order chi connectivity index (χ1) is 7.91. The molecular formula is C12H18N2O3. The quantitative estimate of drug-likeness (QED) is 0.610. The predicted octanol–water partition coefficient (Wildman–Crippen LogP) is 2.48. The van der Waals surface area contributed by atoms with E-state index in [-0.39, 0.29) is 12.3 Å². The van der Waals surface area contributed by atoms with Crippen LogP contribution in [-0.2, 0) is 0 Å². The number of aliphatic hydroxyl groups is 1. The van der Waals surface area contributed by atoms with Gasteiger partial charge < -0.3 is 10.4 Å². The minimum absolute atomic E-state index is 0.0226. The van der Waals surface area contributed by atoms with Gasteiger partial charge in [-0.25, -0.2) is 0 Å². The molecule has 1 unspecified atom stereocenters. The first-order valence-electron chi connectivity index (χ1n) is 5.56. The lowest BCUT2D eigenvalue weighted by atomic mass is 9.99. The van der Waals surface area contributed by atoms with E-state index in [4.69, 9.17) is 0 Å². The van der Waals surface area contributed by atoms with Crippen molar-refractivity contribution in [2.24, 2.45) is 0 Å². The highest BCUT2D eigenvalue weighted by molar-refractivity contribution is 5.56. The van der Waals surface area contributed by atoms with E-state index in [2.05, 4.69) is 5.32 Å². The van der Waals surface area contributed by atoms with Crippen molar-refractivity contribution in [3.63, 3.8) is 0 Å². The Bertz CT molecular complexity index is 414. The normalized spacial score (nSPS) is 14.1. The second-order valence-corrected chi connectivity index (χ2v) is 4.46. The van der Waals surface area contributed by atoms with Crippen LogP contribution >= 0.6 is 0 Å². The molecule has 0 aliphatic heterocycles. The van der Waals surface area contributed by atoms with Crippen LogP contribution in [0.15, 0.2) is 18.2 Å². The van der Waals surface area contributed by atoms with Crippen LogP contribution in [0.2, 0.25) is 0 Å². The molecule has 0 radical (unpaired) electrons. The number of aliphatic hydroxyl groups excluding tert-OH is 1. The summed E-state index contributed by atoms with van der Waals surface area (Å²) in [6.07, 6.45) is 0.727. The molecule has 0 amide bonds. The van der Waals surface area contributed by atoms with Gasteiger partial charge in [-0.1, -0.05) is 13.0 Å². The molecule has 0 aromatic heterocycles. The molecule has 1 aromatic carbocycles. The van der Waals surface area contributed by atoms with E-state index in [1.165, 1.54) is 6.07 Å². The van der Waals surface area contributed by atoms with Crippen molar-refractivity contribution in [3.05, 3.63) is 33.9 Å². The fraction of sp³-hybridized carbons (Fsp3) is 0.500. The largest absolute Gasteiger partial charge is 0.394 e. The van der Waals surface area contributed by atoms with E-state index < -0.39 is 10.5 Å². The lowest BCUT2D eigenvalue weighted by molar-refractivity contribution is -0.385. The second-order valence-electron chi connectivity index (χ2n) is 4.46. The zero-order valence-corrected chi connectivity index (χ0v) is 10.4. The Morgan fingerprint density at radius 2 is 2.18 bits per heavy atom. The van der Waals surface area contributed by atoms with E-state index in [9.17, 15) is 15.2 Å². The Morgan fingerprint density at radius 3 is 2.65 bits per heavy atom. The van der Waals surface area contributed by atoms with Crippen LogP contribution < -0.4 is 5.32 Å². The number of anilines is 1. The molecule has 0 spiro atoms. The maximum Gasteiger partial charge on any atom is 0.274 e. The summed E-state index contributed by atoms with van der Waals surface area (Å²) in [5.41, 5.74) is 0.915. The maximum absolute atomic E-state index is 10.8. The van der Waals surface area contributed by atoms with Gasteiger partial charge in [0.15, 0.2) is 0 Å². The predicted molar refractivity (Wildman–Crippen MR) is 67.2 cm³/mol. The van der Waals surface area contributed by atoms with E-state index >= 15 is 0 Å². The smallest absolute Gasteiger partial charge is 0.274 e. The number of benzene rings is 1. The zero-order chi connectivity index (χ0) is 13.1. The monoisotopic (exact) mass is 238 g/mol. The molecule has 17 heavy (non-hydrogen) atoms. The summed E-state index contributed by atoms with van der Waals surface area (Å²) in [5.74, 6) is 0. The standard InChI is InChI=1S/C12H18N2O3/c1-4-12(3,8-15)13-10-6-5-9(2)11(7-10)14(16)17/h5-7,13,15H,4,8H2,1-3H3. The molecule has 2 N–H and O–H groups in total. The molecule has 5 heteroatoms. The van der Waals surface area contributed by atoms with Crippen LogP contribution in [0.5, 0.6) is 0 Å². The number of hydrogen-bond donors (Lipinski definition) is 2. The van der Waals surface area contributed by atoms with Gasteiger partial charge >= 0.3 is 0 Å². The molecule has 5 nitrogen and oxygen atoms in total. The van der Waals surface area contributed by atoms with E-state index in [0.29, 0.717) is 11.3 Å². The number of nitrogens with zero attached hydrogens (tertiary/aromatic N) is 1. The molecule has 0 saturated carbocycles. The lowest BCUT2D eigenvalue weighted by Crippen LogP contribution is -2.37. The molecule has 0 bridgehead atoms. The Hall–Kier alpha value is -1.62. The summed E-state index contributed by atoms with van der Waals surface area (Å²) in [5, 5.41) is 23.2. The summed E-state index contributed by atoms with van der Waals surface area (Å²) in [7, 11) is 0. The number of hydrogen-bond acceptors (Lipinski definition) is 4. The number of aryl methyl sites for hydroxylation is 1. The van der Waals surface area contributed by atoms with Crippen molar-refractivity contribution >= 4 is 11.4 Å². The molecule has 94 valence electrons. The Labute approximate surface area is 101 Å². The highest BCUT2D eigenvalue weighted by Gasteiger charge is 2.21. The third kappa shape index (κ3) is 3.17. The number of rotatable bonds is 5. The van der Waals surface area contributed by atoms with Crippen LogP contribution in [0.25, 0.3) is 0 Å². The van der Waals surface area contributed by atoms with Crippen molar-refractivity contribution < 1.29 is 10.0 Å². The third-order valence-corrected chi connectivity index (χ3v) is 2.98. The van der Waals surface area contributed by atoms with Gasteiger partial charge in [-0.15, -0.1) is 0 Å². The van der Waals surface area contributed by atoms with Crippen LogP contribution in [0, 0.1) is 17.0 Å². The molecule has 0 fully saturated rings. The first-order valence-corrected chi connectivity index (χ1v) is 5.56. The minimum atomic E-state index is -0.455. The Balaban J connectivity index is 3.01. The summed E-state index contributed by atoms with van der Waals surface area (Å²) in [6.45, 7) is 5.50. The average Bonchev–Trinajstić information content (AvgIpc) is 2.31. The molecule has 1 rings (SSSR count). The summed E-state index contributed by atoms with van der Waals surface area (Å²) >= 11 is 0. The molecule has 0 saturated heterocycles. The number of nitro groups is 1. The van der Waals surface area contributed by atoms with Crippen LogP contribution in [-0.4, -0.2) is 22.2 Å². The van der Waals surface area contributed by atoms with Crippen molar-refractivity contribution in [1.29, 1.82) is 0 Å². The third-order valence-electron chi connectivity index (χ3n) is 2.98. The summed E-state index contributed by atoms with van der Waals surface area (Å²) in [4.78, 5) is 10.4. The van der Waals surface area contributed by atoms with E-state index in [1.54, 1.807) is 19.1 Å². The van der Waals surface area contributed by atoms with Crippen molar-refractivity contribution in [1.82, 2.24) is 0 Å². The lowest BCUT2D eigenvalue weighted by Gasteiger charge is -2.28. The minimum Gasteiger partial charge on any atom is -0.394 e. The SMILES string of the molecule is CCC(C)(CO)Nc1ccc(C)c([N+](=O)[O-])c1. The maximum atomic E-state index is 10.8. The van der Waals surface area contributed by atoms with Gasteiger partial charge in [0.2, 0.25) is 0 Å². The van der Waals surface area contributed by atoms with Gasteiger partial charge in [0.05, 0.1) is 17.1 Å². The highest BCUT2D eigenvalue weighted by atomic mass is 16.6. The fourth-order valence-corrected chi connectivity index (χ4v) is 1.47. The molecular weight excluding hydrogens is 220 g/mol. The molecule has 1 atom stereocenters. The average molecular weight is 238 g/mol. The Kier molecular flexibility index (Phi) is 4.07. The van der Waals surface area contributed by atoms with Gasteiger partial charge in [-0.3, -0.25) is 10.1 Å². The number of nitrogens with one attached hydrogen (secondary N) is 1. The Morgan fingerprint density at radius 1 is 1.53 bits per heavy atom. The molecule has 0 aliphatic rings. The van der Waals surface area contributed by atoms with Gasteiger partial charge in [-0.2, -0.15) is 0 Å². The fourth-order valence-electron chi connectivity index (χ4n) is 1.47. The molecule has 0 heterocycles. The zero-order valence-electron chi connectivity index (χ0n) is 10.4.